The fourth-order valence-corrected chi connectivity index (χ4v) is 3.96. The molecule has 332 valence electrons. The first kappa shape index (κ1) is 54.2. The lowest BCUT2D eigenvalue weighted by Crippen LogP contribution is -2.16. The molecule has 9 saturated heterocycles. The highest BCUT2D eigenvalue weighted by Crippen LogP contribution is 1.89. The van der Waals surface area contributed by atoms with E-state index in [0.717, 1.165) is 238 Å². The topological polar surface area (TPSA) is 198 Å². The van der Waals surface area contributed by atoms with Gasteiger partial charge in [-0.05, 0) is 0 Å². The number of rotatable bonds is 0. The minimum Gasteiger partial charge on any atom is -0.412 e. The van der Waals surface area contributed by atoms with Crippen LogP contribution in [-0.4, -0.2) is 243 Å². The Kier molecular flexibility index (Phi) is 50.6. The van der Waals surface area contributed by atoms with Crippen LogP contribution >= 0.6 is 0 Å². The largest absolute Gasteiger partial charge is 0.412 e. The van der Waals surface area contributed by atoms with Gasteiger partial charge < -0.3 is 90.7 Å². The second kappa shape index (κ2) is 51.3. The minimum absolute atomic E-state index is 0. The van der Waals surface area contributed by atoms with E-state index in [4.69, 9.17) is 85.3 Å². The molecule has 2 N–H and O–H groups in total. The Morgan fingerprint density at radius 3 is 0.145 bits per heavy atom. The first-order valence-corrected chi connectivity index (χ1v) is 19.4. The van der Waals surface area contributed by atoms with Crippen LogP contribution in [0, 0.1) is 0 Å². The third-order valence-electron chi connectivity index (χ3n) is 6.70. The van der Waals surface area contributed by atoms with Gasteiger partial charge in [-0.15, -0.1) is 0 Å². The first-order chi connectivity index (χ1) is 27.0. The van der Waals surface area contributed by atoms with E-state index in [-0.39, 0.29) is 5.48 Å². The van der Waals surface area contributed by atoms with E-state index >= 15 is 0 Å². The van der Waals surface area contributed by atoms with Gasteiger partial charge in [0.1, 0.15) is 0 Å². The van der Waals surface area contributed by atoms with Crippen molar-refractivity contribution in [1.29, 1.82) is 0 Å². The van der Waals surface area contributed by atoms with Gasteiger partial charge in [-0.25, -0.2) is 0 Å². The lowest BCUT2D eigenvalue weighted by Gasteiger charge is -2.09. The summed E-state index contributed by atoms with van der Waals surface area (Å²) in [6.07, 6.45) is 0. The zero-order chi connectivity index (χ0) is 38.2. The second-order valence-electron chi connectivity index (χ2n) is 11.0. The van der Waals surface area contributed by atoms with Crippen LogP contribution in [0.15, 0.2) is 0 Å². The van der Waals surface area contributed by atoms with E-state index in [1.165, 1.54) is 0 Å². The van der Waals surface area contributed by atoms with Gasteiger partial charge in [0, 0.05) is 0 Å². The van der Waals surface area contributed by atoms with Crippen LogP contribution in [0.5, 0.6) is 0 Å². The zero-order valence-electron chi connectivity index (χ0n) is 33.3. The van der Waals surface area contributed by atoms with Gasteiger partial charge in [0.2, 0.25) is 0 Å². The molecule has 9 heterocycles. The van der Waals surface area contributed by atoms with Gasteiger partial charge in [-0.3, -0.25) is 0 Å². The second-order valence-corrected chi connectivity index (χ2v) is 11.0. The number of hydrogen-bond donors (Lipinski definition) is 0. The first-order valence-electron chi connectivity index (χ1n) is 19.4. The Balaban J connectivity index is 0.000000595. The third kappa shape index (κ3) is 49.3. The Hall–Kier alpha value is -0.760. The molecule has 0 amide bonds. The summed E-state index contributed by atoms with van der Waals surface area (Å²) >= 11 is 0. The van der Waals surface area contributed by atoms with E-state index in [2.05, 4.69) is 0 Å². The van der Waals surface area contributed by atoms with Crippen molar-refractivity contribution in [3.8, 4) is 0 Å². The fourth-order valence-electron chi connectivity index (χ4n) is 3.96. The molecular formula is C36H74O19. The van der Waals surface area contributed by atoms with Crippen LogP contribution in [0.4, 0.5) is 0 Å². The SMILES string of the molecule is C1COCCO1.C1COCCO1.C1COCCO1.C1COCCO1.C1COCCO1.C1COCCO1.C1COCCO1.C1COCCO1.C1COCCO1.O. The maximum atomic E-state index is 4.94. The van der Waals surface area contributed by atoms with Gasteiger partial charge in [0.15, 0.2) is 0 Å². The summed E-state index contributed by atoms with van der Waals surface area (Å²) in [7, 11) is 0. The Bertz CT molecular complexity index is 362. The Labute approximate surface area is 328 Å². The van der Waals surface area contributed by atoms with Crippen molar-refractivity contribution in [3.63, 3.8) is 0 Å². The molecule has 0 spiro atoms. The Morgan fingerprint density at radius 2 is 0.127 bits per heavy atom. The maximum absolute atomic E-state index is 4.94. The van der Waals surface area contributed by atoms with E-state index in [9.17, 15) is 0 Å². The molecule has 0 aromatic rings. The summed E-state index contributed by atoms with van der Waals surface area (Å²) in [6.45, 7) is 28.0. The van der Waals surface area contributed by atoms with Gasteiger partial charge in [-0.2, -0.15) is 0 Å². The highest BCUT2D eigenvalue weighted by atomic mass is 16.6. The summed E-state index contributed by atoms with van der Waals surface area (Å²) < 4.78 is 89.0. The minimum atomic E-state index is 0. The molecule has 19 heteroatoms. The quantitative estimate of drug-likeness (QED) is 0.303. The van der Waals surface area contributed by atoms with Crippen LogP contribution < -0.4 is 0 Å². The molecule has 9 fully saturated rings. The molecule has 0 saturated carbocycles. The van der Waals surface area contributed by atoms with Crippen molar-refractivity contribution in [2.45, 2.75) is 0 Å². The van der Waals surface area contributed by atoms with Crippen molar-refractivity contribution in [3.05, 3.63) is 0 Å². The van der Waals surface area contributed by atoms with Crippen molar-refractivity contribution in [2.75, 3.05) is 238 Å². The molecule has 0 aliphatic carbocycles. The van der Waals surface area contributed by atoms with Crippen LogP contribution in [0.1, 0.15) is 0 Å². The van der Waals surface area contributed by atoms with Crippen LogP contribution in [0.25, 0.3) is 0 Å². The molecule has 9 rings (SSSR count). The van der Waals surface area contributed by atoms with Crippen LogP contribution in [-0.2, 0) is 85.3 Å². The van der Waals surface area contributed by atoms with Crippen LogP contribution in [0.2, 0.25) is 0 Å². The molecule has 0 radical (unpaired) electrons. The molecule has 0 unspecified atom stereocenters. The number of hydrogen-bond acceptors (Lipinski definition) is 18. The van der Waals surface area contributed by atoms with E-state index < -0.39 is 0 Å². The molecule has 0 atom stereocenters. The lowest BCUT2D eigenvalue weighted by atomic mass is 10.6. The standard InChI is InChI=1S/9C4H8O2.H2O/c9*1-2-6-4-3-5-1;/h9*1-4H2;1H2. The summed E-state index contributed by atoms with van der Waals surface area (Å²) in [6, 6.07) is 0. The summed E-state index contributed by atoms with van der Waals surface area (Å²) in [4.78, 5) is 0. The predicted molar refractivity (Wildman–Crippen MR) is 198 cm³/mol. The normalized spacial score (nSPS) is 23.6. The van der Waals surface area contributed by atoms with Crippen molar-refractivity contribution < 1.29 is 90.7 Å². The molecule has 55 heavy (non-hydrogen) atoms. The van der Waals surface area contributed by atoms with Gasteiger partial charge in [0.05, 0.1) is 238 Å². The molecule has 0 aromatic heterocycles. The Morgan fingerprint density at radius 1 is 0.0909 bits per heavy atom. The van der Waals surface area contributed by atoms with Crippen molar-refractivity contribution in [1.82, 2.24) is 0 Å². The summed E-state index contributed by atoms with van der Waals surface area (Å²) in [5.74, 6) is 0. The average molecular weight is 811 g/mol. The molecule has 0 aromatic carbocycles. The maximum Gasteiger partial charge on any atom is 0.0701 e. The molecular weight excluding hydrogens is 736 g/mol. The van der Waals surface area contributed by atoms with E-state index in [0.29, 0.717) is 0 Å². The van der Waals surface area contributed by atoms with Crippen LogP contribution in [0.3, 0.4) is 0 Å². The highest BCUT2D eigenvalue weighted by molar-refractivity contribution is 4.41. The van der Waals surface area contributed by atoms with E-state index in [1.54, 1.807) is 0 Å². The van der Waals surface area contributed by atoms with E-state index in [1.807, 2.05) is 0 Å². The summed E-state index contributed by atoms with van der Waals surface area (Å²) in [5.41, 5.74) is 0. The smallest absolute Gasteiger partial charge is 0.0701 e. The lowest BCUT2D eigenvalue weighted by molar-refractivity contribution is -0.0334. The molecule has 0 bridgehead atoms. The zero-order valence-corrected chi connectivity index (χ0v) is 33.3. The monoisotopic (exact) mass is 810 g/mol. The third-order valence-corrected chi connectivity index (χ3v) is 6.70. The molecule has 9 aliphatic rings. The van der Waals surface area contributed by atoms with Crippen molar-refractivity contribution in [2.24, 2.45) is 0 Å². The van der Waals surface area contributed by atoms with Gasteiger partial charge in [-0.1, -0.05) is 0 Å². The molecule has 19 nitrogen and oxygen atoms in total. The highest BCUT2D eigenvalue weighted by Gasteiger charge is 1.99. The molecule has 9 aliphatic heterocycles. The fraction of sp³-hybridized carbons (Fsp3) is 1.00. The van der Waals surface area contributed by atoms with Crippen molar-refractivity contribution >= 4 is 0 Å². The number of ether oxygens (including phenoxy) is 18. The average Bonchev–Trinajstić information content (AvgIpc) is 3.33. The predicted octanol–water partition coefficient (Wildman–Crippen LogP) is -0.526. The summed E-state index contributed by atoms with van der Waals surface area (Å²) in [5, 5.41) is 0. The van der Waals surface area contributed by atoms with Gasteiger partial charge >= 0.3 is 0 Å². The van der Waals surface area contributed by atoms with Gasteiger partial charge in [0.25, 0.3) is 0 Å².